The summed E-state index contributed by atoms with van der Waals surface area (Å²) in [6, 6.07) is 14.1. The Morgan fingerprint density at radius 3 is 2.46 bits per heavy atom. The van der Waals surface area contributed by atoms with Crippen molar-refractivity contribution in [2.45, 2.75) is 19.4 Å². The minimum Gasteiger partial charge on any atom is -0.451 e. The zero-order valence-corrected chi connectivity index (χ0v) is 14.6. The van der Waals surface area contributed by atoms with Gasteiger partial charge in [0.15, 0.2) is 6.10 Å². The Morgan fingerprint density at radius 2 is 1.85 bits per heavy atom. The molecule has 0 aliphatic carbocycles. The Kier molecular flexibility index (Phi) is 6.48. The molecule has 0 unspecified atom stereocenters. The van der Waals surface area contributed by atoms with E-state index in [-0.39, 0.29) is 17.8 Å². The molecule has 1 amide bonds. The molecule has 1 N–H and O–H groups in total. The van der Waals surface area contributed by atoms with Gasteiger partial charge in [0.1, 0.15) is 6.42 Å². The standard InChI is InChI=1S/C19H15ClN2O4/c1-12(18(24)14-3-2-4-15(20)11-14)26-19(25)13-5-7-16(8-6-13)22-17(23)9-10-21/h2-8,11-12H,9H2,1H3,(H,22,23)/t12-/m0/s1. The summed E-state index contributed by atoms with van der Waals surface area (Å²) < 4.78 is 5.19. The molecule has 7 heteroatoms. The van der Waals surface area contributed by atoms with Gasteiger partial charge in [-0.15, -0.1) is 0 Å². The van der Waals surface area contributed by atoms with Crippen molar-refractivity contribution < 1.29 is 19.1 Å². The number of nitrogens with zero attached hydrogens (tertiary/aromatic N) is 1. The summed E-state index contributed by atoms with van der Waals surface area (Å²) in [5.41, 5.74) is 1.03. The molecule has 0 aromatic heterocycles. The highest BCUT2D eigenvalue weighted by molar-refractivity contribution is 6.31. The van der Waals surface area contributed by atoms with Crippen LogP contribution in [0.15, 0.2) is 48.5 Å². The molecule has 1 atom stereocenters. The predicted octanol–water partition coefficient (Wildman–Crippen LogP) is 3.62. The van der Waals surface area contributed by atoms with Crippen molar-refractivity contribution in [1.29, 1.82) is 5.26 Å². The number of hydrogen-bond donors (Lipinski definition) is 1. The third kappa shape index (κ3) is 5.16. The SMILES string of the molecule is C[C@H](OC(=O)c1ccc(NC(=O)CC#N)cc1)C(=O)c1cccc(Cl)c1. The molecule has 0 radical (unpaired) electrons. The number of Topliss-reactive ketones (excluding diaryl/α,β-unsaturated/α-hetero) is 1. The second-order valence-electron chi connectivity index (χ2n) is 5.38. The minimum absolute atomic E-state index is 0.231. The third-order valence-electron chi connectivity index (χ3n) is 3.41. The lowest BCUT2D eigenvalue weighted by atomic mass is 10.1. The number of rotatable bonds is 6. The van der Waals surface area contributed by atoms with Crippen LogP contribution in [0.5, 0.6) is 0 Å². The first-order chi connectivity index (χ1) is 12.4. The summed E-state index contributed by atoms with van der Waals surface area (Å²) in [6.07, 6.45) is -1.23. The summed E-state index contributed by atoms with van der Waals surface area (Å²) in [5, 5.41) is 11.4. The molecule has 132 valence electrons. The number of carbonyl (C=O) groups excluding carboxylic acids is 3. The van der Waals surface area contributed by atoms with E-state index in [4.69, 9.17) is 21.6 Å². The molecular weight excluding hydrogens is 356 g/mol. The van der Waals surface area contributed by atoms with Crippen molar-refractivity contribution >= 4 is 34.9 Å². The Hall–Kier alpha value is -3.17. The quantitative estimate of drug-likeness (QED) is 0.618. The summed E-state index contributed by atoms with van der Waals surface area (Å²) in [7, 11) is 0. The van der Waals surface area contributed by atoms with Gasteiger partial charge in [0, 0.05) is 16.3 Å². The number of amides is 1. The van der Waals surface area contributed by atoms with Gasteiger partial charge >= 0.3 is 5.97 Å². The van der Waals surface area contributed by atoms with Crippen LogP contribution in [0, 0.1) is 11.3 Å². The van der Waals surface area contributed by atoms with Gasteiger partial charge in [-0.3, -0.25) is 9.59 Å². The van der Waals surface area contributed by atoms with Crippen LogP contribution in [0.3, 0.4) is 0 Å². The number of anilines is 1. The van der Waals surface area contributed by atoms with E-state index in [0.717, 1.165) is 0 Å². The summed E-state index contributed by atoms with van der Waals surface area (Å²) >= 11 is 5.86. The number of ketones is 1. The highest BCUT2D eigenvalue weighted by Gasteiger charge is 2.20. The van der Waals surface area contributed by atoms with Crippen molar-refractivity contribution in [2.75, 3.05) is 5.32 Å². The number of halogens is 1. The zero-order valence-electron chi connectivity index (χ0n) is 13.9. The lowest BCUT2D eigenvalue weighted by Gasteiger charge is -2.13. The van der Waals surface area contributed by atoms with E-state index in [0.29, 0.717) is 16.3 Å². The molecule has 0 spiro atoms. The van der Waals surface area contributed by atoms with Crippen molar-refractivity contribution in [3.8, 4) is 6.07 Å². The van der Waals surface area contributed by atoms with E-state index in [1.807, 2.05) is 0 Å². The van der Waals surface area contributed by atoms with Crippen molar-refractivity contribution in [3.63, 3.8) is 0 Å². The van der Waals surface area contributed by atoms with Gasteiger partial charge in [-0.25, -0.2) is 4.79 Å². The van der Waals surface area contributed by atoms with Gasteiger partial charge < -0.3 is 10.1 Å². The van der Waals surface area contributed by atoms with E-state index in [9.17, 15) is 14.4 Å². The lowest BCUT2D eigenvalue weighted by molar-refractivity contribution is -0.115. The molecular formula is C19H15ClN2O4. The molecule has 2 aromatic rings. The van der Waals surface area contributed by atoms with E-state index in [1.165, 1.54) is 37.3 Å². The molecule has 0 aliphatic rings. The molecule has 2 aromatic carbocycles. The van der Waals surface area contributed by atoms with E-state index < -0.39 is 18.0 Å². The maximum Gasteiger partial charge on any atom is 0.338 e. The maximum atomic E-state index is 12.3. The highest BCUT2D eigenvalue weighted by atomic mass is 35.5. The van der Waals surface area contributed by atoms with E-state index in [2.05, 4.69) is 5.32 Å². The van der Waals surface area contributed by atoms with Crippen molar-refractivity contribution in [3.05, 3.63) is 64.7 Å². The topological polar surface area (TPSA) is 96.3 Å². The third-order valence-corrected chi connectivity index (χ3v) is 3.64. The maximum absolute atomic E-state index is 12.3. The number of nitriles is 1. The highest BCUT2D eigenvalue weighted by Crippen LogP contribution is 2.15. The lowest BCUT2D eigenvalue weighted by Crippen LogP contribution is -2.24. The van der Waals surface area contributed by atoms with E-state index >= 15 is 0 Å². The first-order valence-electron chi connectivity index (χ1n) is 7.68. The molecule has 0 fully saturated rings. The molecule has 6 nitrogen and oxygen atoms in total. The number of ether oxygens (including phenoxy) is 1. The molecule has 26 heavy (non-hydrogen) atoms. The van der Waals surface area contributed by atoms with Gasteiger partial charge in [0.25, 0.3) is 0 Å². The molecule has 0 saturated carbocycles. The smallest absolute Gasteiger partial charge is 0.338 e. The van der Waals surface area contributed by atoms with Crippen LogP contribution in [0.2, 0.25) is 5.02 Å². The average molecular weight is 371 g/mol. The minimum atomic E-state index is -0.976. The first kappa shape index (κ1) is 19.2. The van der Waals surface area contributed by atoms with Crippen LogP contribution in [-0.2, 0) is 9.53 Å². The van der Waals surface area contributed by atoms with Crippen molar-refractivity contribution in [2.24, 2.45) is 0 Å². The van der Waals surface area contributed by atoms with Crippen LogP contribution in [0.4, 0.5) is 5.69 Å². The van der Waals surface area contributed by atoms with Crippen LogP contribution in [-0.4, -0.2) is 23.8 Å². The summed E-state index contributed by atoms with van der Waals surface area (Å²) in [5.74, 6) is -1.47. The summed E-state index contributed by atoms with van der Waals surface area (Å²) in [6.45, 7) is 1.48. The van der Waals surface area contributed by atoms with Gasteiger partial charge in [0.2, 0.25) is 11.7 Å². The van der Waals surface area contributed by atoms with Crippen LogP contribution in [0.1, 0.15) is 34.1 Å². The fourth-order valence-electron chi connectivity index (χ4n) is 2.13. The Labute approximate surface area is 155 Å². The van der Waals surface area contributed by atoms with Gasteiger partial charge in [-0.05, 0) is 43.3 Å². The largest absolute Gasteiger partial charge is 0.451 e. The molecule has 0 aliphatic heterocycles. The normalized spacial score (nSPS) is 11.1. The number of esters is 1. The predicted molar refractivity (Wildman–Crippen MR) is 96.0 cm³/mol. The number of carbonyl (C=O) groups is 3. The van der Waals surface area contributed by atoms with Crippen LogP contribution in [0.25, 0.3) is 0 Å². The summed E-state index contributed by atoms with van der Waals surface area (Å²) in [4.78, 5) is 35.8. The van der Waals surface area contributed by atoms with Crippen LogP contribution < -0.4 is 5.32 Å². The fourth-order valence-corrected chi connectivity index (χ4v) is 2.32. The van der Waals surface area contributed by atoms with E-state index in [1.54, 1.807) is 24.3 Å². The van der Waals surface area contributed by atoms with Gasteiger partial charge in [-0.1, -0.05) is 23.7 Å². The Balaban J connectivity index is 1.99. The Morgan fingerprint density at radius 1 is 1.15 bits per heavy atom. The Bertz CT molecular complexity index is 872. The van der Waals surface area contributed by atoms with Gasteiger partial charge in [-0.2, -0.15) is 5.26 Å². The van der Waals surface area contributed by atoms with Crippen LogP contribution >= 0.6 is 11.6 Å². The average Bonchev–Trinajstić information content (AvgIpc) is 2.61. The molecule has 0 heterocycles. The monoisotopic (exact) mass is 370 g/mol. The first-order valence-corrected chi connectivity index (χ1v) is 8.06. The molecule has 2 rings (SSSR count). The van der Waals surface area contributed by atoms with Gasteiger partial charge in [0.05, 0.1) is 11.6 Å². The second-order valence-corrected chi connectivity index (χ2v) is 5.82. The molecule has 0 saturated heterocycles. The number of hydrogen-bond acceptors (Lipinski definition) is 5. The number of nitrogens with one attached hydrogen (secondary N) is 1. The zero-order chi connectivity index (χ0) is 19.1. The van der Waals surface area contributed by atoms with Crippen molar-refractivity contribution in [1.82, 2.24) is 0 Å². The fraction of sp³-hybridized carbons (Fsp3) is 0.158. The number of benzene rings is 2. The second kappa shape index (κ2) is 8.79. The molecule has 0 bridgehead atoms.